The Morgan fingerprint density at radius 3 is 2.47 bits per heavy atom. The summed E-state index contributed by atoms with van der Waals surface area (Å²) < 4.78 is 0. The SMILES string of the molecule is O=C(NCCN1CCCCC1)NC(CCO)C(=O)O. The molecule has 1 aliphatic rings. The Morgan fingerprint density at radius 2 is 1.89 bits per heavy atom. The molecule has 4 N–H and O–H groups in total. The van der Waals surface area contributed by atoms with E-state index in [4.69, 9.17) is 10.2 Å². The standard InChI is InChI=1S/C12H23N3O4/c16-9-4-10(11(17)18)14-12(19)13-5-8-15-6-2-1-3-7-15/h10,16H,1-9H2,(H,17,18)(H2,13,14,19). The Bertz CT molecular complexity index is 293. The van der Waals surface area contributed by atoms with Crippen molar-refractivity contribution in [1.29, 1.82) is 0 Å². The number of nitrogens with one attached hydrogen (secondary N) is 2. The molecule has 110 valence electrons. The molecule has 1 unspecified atom stereocenters. The number of amides is 2. The number of aliphatic hydroxyl groups is 1. The minimum Gasteiger partial charge on any atom is -0.480 e. The smallest absolute Gasteiger partial charge is 0.326 e. The summed E-state index contributed by atoms with van der Waals surface area (Å²) in [5, 5.41) is 22.5. The average molecular weight is 273 g/mol. The zero-order valence-electron chi connectivity index (χ0n) is 11.1. The second kappa shape index (κ2) is 8.71. The van der Waals surface area contributed by atoms with E-state index in [1.165, 1.54) is 19.3 Å². The molecule has 19 heavy (non-hydrogen) atoms. The van der Waals surface area contributed by atoms with Gasteiger partial charge in [0.05, 0.1) is 0 Å². The zero-order valence-corrected chi connectivity index (χ0v) is 11.1. The van der Waals surface area contributed by atoms with Crippen LogP contribution in [-0.4, -0.2) is 65.9 Å². The maximum Gasteiger partial charge on any atom is 0.326 e. The molecule has 1 heterocycles. The molecule has 0 spiro atoms. The lowest BCUT2D eigenvalue weighted by atomic mass is 10.1. The molecule has 2 amide bonds. The third-order valence-corrected chi connectivity index (χ3v) is 3.18. The minimum absolute atomic E-state index is 0.00881. The van der Waals surface area contributed by atoms with Gasteiger partial charge in [-0.15, -0.1) is 0 Å². The summed E-state index contributed by atoms with van der Waals surface area (Å²) in [6.07, 6.45) is 3.67. The number of aliphatic hydroxyl groups excluding tert-OH is 1. The largest absolute Gasteiger partial charge is 0.480 e. The summed E-state index contributed by atoms with van der Waals surface area (Å²) in [6, 6.07) is -1.54. The van der Waals surface area contributed by atoms with Crippen LogP contribution in [0, 0.1) is 0 Å². The molecule has 1 fully saturated rings. The van der Waals surface area contributed by atoms with E-state index in [2.05, 4.69) is 15.5 Å². The monoisotopic (exact) mass is 273 g/mol. The molecular formula is C12H23N3O4. The number of aliphatic carboxylic acids is 1. The number of carbonyl (C=O) groups excluding carboxylic acids is 1. The van der Waals surface area contributed by atoms with Gasteiger partial charge in [0.15, 0.2) is 0 Å². The Balaban J connectivity index is 2.17. The van der Waals surface area contributed by atoms with Crippen LogP contribution >= 0.6 is 0 Å². The maximum absolute atomic E-state index is 11.5. The quantitative estimate of drug-likeness (QED) is 0.506. The predicted molar refractivity (Wildman–Crippen MR) is 70.0 cm³/mol. The second-order valence-electron chi connectivity index (χ2n) is 4.71. The summed E-state index contributed by atoms with van der Waals surface area (Å²) in [5.74, 6) is -1.14. The normalized spacial score (nSPS) is 17.7. The summed E-state index contributed by atoms with van der Waals surface area (Å²) in [7, 11) is 0. The highest BCUT2D eigenvalue weighted by Gasteiger charge is 2.19. The van der Waals surface area contributed by atoms with Gasteiger partial charge in [0.25, 0.3) is 0 Å². The molecule has 0 aliphatic carbocycles. The van der Waals surface area contributed by atoms with Crippen LogP contribution in [-0.2, 0) is 4.79 Å². The molecule has 0 aromatic carbocycles. The zero-order chi connectivity index (χ0) is 14.1. The molecule has 7 heteroatoms. The van der Waals surface area contributed by atoms with Crippen molar-refractivity contribution in [1.82, 2.24) is 15.5 Å². The molecule has 1 aliphatic heterocycles. The molecule has 0 aromatic rings. The highest BCUT2D eigenvalue weighted by Crippen LogP contribution is 2.07. The third-order valence-electron chi connectivity index (χ3n) is 3.18. The van der Waals surface area contributed by atoms with Gasteiger partial charge in [0.1, 0.15) is 6.04 Å². The van der Waals surface area contributed by atoms with Gasteiger partial charge in [-0.3, -0.25) is 0 Å². The van der Waals surface area contributed by atoms with Crippen LogP contribution in [0.1, 0.15) is 25.7 Å². The molecule has 0 aromatic heterocycles. The van der Waals surface area contributed by atoms with E-state index in [9.17, 15) is 9.59 Å². The molecule has 0 bridgehead atoms. The van der Waals surface area contributed by atoms with Gasteiger partial charge in [-0.1, -0.05) is 6.42 Å². The first-order valence-corrected chi connectivity index (χ1v) is 6.74. The Hall–Kier alpha value is -1.34. The van der Waals surface area contributed by atoms with Gasteiger partial charge < -0.3 is 25.7 Å². The fourth-order valence-corrected chi connectivity index (χ4v) is 2.11. The van der Waals surface area contributed by atoms with Gasteiger partial charge in [0, 0.05) is 26.1 Å². The van der Waals surface area contributed by atoms with Crippen molar-refractivity contribution in [3.05, 3.63) is 0 Å². The molecule has 0 saturated carbocycles. The molecule has 1 rings (SSSR count). The number of hydrogen-bond acceptors (Lipinski definition) is 4. The van der Waals surface area contributed by atoms with Gasteiger partial charge in [-0.05, 0) is 25.9 Å². The van der Waals surface area contributed by atoms with E-state index in [1.54, 1.807) is 0 Å². The van der Waals surface area contributed by atoms with E-state index >= 15 is 0 Å². The highest BCUT2D eigenvalue weighted by atomic mass is 16.4. The maximum atomic E-state index is 11.5. The number of hydrogen-bond donors (Lipinski definition) is 4. The van der Waals surface area contributed by atoms with Crippen LogP contribution in [0.3, 0.4) is 0 Å². The first-order valence-electron chi connectivity index (χ1n) is 6.74. The molecular weight excluding hydrogens is 250 g/mol. The second-order valence-corrected chi connectivity index (χ2v) is 4.71. The first kappa shape index (κ1) is 15.7. The van der Waals surface area contributed by atoms with E-state index in [-0.39, 0.29) is 13.0 Å². The fraction of sp³-hybridized carbons (Fsp3) is 0.833. The highest BCUT2D eigenvalue weighted by molar-refractivity contribution is 5.82. The van der Waals surface area contributed by atoms with E-state index in [0.29, 0.717) is 6.54 Å². The van der Waals surface area contributed by atoms with Crippen molar-refractivity contribution >= 4 is 12.0 Å². The first-order chi connectivity index (χ1) is 9.13. The predicted octanol–water partition coefficient (Wildman–Crippen LogP) is -0.393. The number of carbonyl (C=O) groups is 2. The van der Waals surface area contributed by atoms with Crippen molar-refractivity contribution in [2.45, 2.75) is 31.7 Å². The number of likely N-dealkylation sites (tertiary alicyclic amines) is 1. The fourth-order valence-electron chi connectivity index (χ4n) is 2.11. The van der Waals surface area contributed by atoms with E-state index < -0.39 is 18.0 Å². The van der Waals surface area contributed by atoms with E-state index in [0.717, 1.165) is 19.6 Å². The third kappa shape index (κ3) is 6.40. The topological polar surface area (TPSA) is 102 Å². The van der Waals surface area contributed by atoms with Crippen molar-refractivity contribution in [2.75, 3.05) is 32.8 Å². The van der Waals surface area contributed by atoms with Crippen molar-refractivity contribution in [3.63, 3.8) is 0 Å². The number of carboxylic acid groups (broad SMARTS) is 1. The van der Waals surface area contributed by atoms with Crippen molar-refractivity contribution in [2.24, 2.45) is 0 Å². The van der Waals surface area contributed by atoms with Crippen molar-refractivity contribution < 1.29 is 19.8 Å². The van der Waals surface area contributed by atoms with Gasteiger partial charge in [0.2, 0.25) is 0 Å². The van der Waals surface area contributed by atoms with Gasteiger partial charge in [-0.25, -0.2) is 9.59 Å². The lowest BCUT2D eigenvalue weighted by Crippen LogP contribution is -2.48. The average Bonchev–Trinajstić information content (AvgIpc) is 2.39. The van der Waals surface area contributed by atoms with E-state index in [1.807, 2.05) is 0 Å². The minimum atomic E-state index is -1.14. The summed E-state index contributed by atoms with van der Waals surface area (Å²) >= 11 is 0. The van der Waals surface area contributed by atoms with Gasteiger partial charge >= 0.3 is 12.0 Å². The number of urea groups is 1. The molecule has 1 saturated heterocycles. The number of nitrogens with zero attached hydrogens (tertiary/aromatic N) is 1. The number of piperidine rings is 1. The molecule has 1 atom stereocenters. The molecule has 0 radical (unpaired) electrons. The van der Waals surface area contributed by atoms with Gasteiger partial charge in [-0.2, -0.15) is 0 Å². The van der Waals surface area contributed by atoms with Crippen molar-refractivity contribution in [3.8, 4) is 0 Å². The lowest BCUT2D eigenvalue weighted by Gasteiger charge is -2.26. The lowest BCUT2D eigenvalue weighted by molar-refractivity contribution is -0.139. The van der Waals surface area contributed by atoms with Crippen LogP contribution in [0.2, 0.25) is 0 Å². The van der Waals surface area contributed by atoms with Crippen LogP contribution in [0.5, 0.6) is 0 Å². The Morgan fingerprint density at radius 1 is 1.21 bits per heavy atom. The summed E-state index contributed by atoms with van der Waals surface area (Å²) in [4.78, 5) is 24.6. The summed E-state index contributed by atoms with van der Waals surface area (Å²) in [6.45, 7) is 3.13. The number of carboxylic acids is 1. The number of rotatable bonds is 7. The van der Waals surface area contributed by atoms with Crippen LogP contribution in [0.25, 0.3) is 0 Å². The Labute approximate surface area is 113 Å². The summed E-state index contributed by atoms with van der Waals surface area (Å²) in [5.41, 5.74) is 0. The van der Waals surface area contributed by atoms with Crippen LogP contribution in [0.15, 0.2) is 0 Å². The Kier molecular flexibility index (Phi) is 7.20. The van der Waals surface area contributed by atoms with Crippen LogP contribution < -0.4 is 10.6 Å². The molecule has 7 nitrogen and oxygen atoms in total. The van der Waals surface area contributed by atoms with Crippen LogP contribution in [0.4, 0.5) is 4.79 Å².